The van der Waals surface area contributed by atoms with E-state index < -0.39 is 6.61 Å². The van der Waals surface area contributed by atoms with Gasteiger partial charge in [0, 0.05) is 17.4 Å². The Kier molecular flexibility index (Phi) is 3.76. The molecule has 0 aliphatic heterocycles. The average molecular weight is 253 g/mol. The van der Waals surface area contributed by atoms with Crippen molar-refractivity contribution in [1.82, 2.24) is 9.97 Å². The summed E-state index contributed by atoms with van der Waals surface area (Å²) in [6.45, 7) is -0.373. The number of rotatable bonds is 5. The lowest BCUT2D eigenvalue weighted by atomic mass is 10.3. The lowest BCUT2D eigenvalue weighted by Crippen LogP contribution is -2.04. The Morgan fingerprint density at radius 2 is 2.28 bits per heavy atom. The number of alkyl halides is 2. The van der Waals surface area contributed by atoms with Crippen molar-refractivity contribution in [2.45, 2.75) is 20.1 Å². The molecule has 96 valence electrons. The van der Waals surface area contributed by atoms with Crippen LogP contribution in [-0.2, 0) is 6.54 Å². The van der Waals surface area contributed by atoms with Crippen LogP contribution in [0.3, 0.4) is 0 Å². The molecule has 18 heavy (non-hydrogen) atoms. The van der Waals surface area contributed by atoms with Crippen molar-refractivity contribution in [2.75, 3.05) is 5.32 Å². The molecule has 2 rings (SSSR count). The Morgan fingerprint density at radius 3 is 2.94 bits per heavy atom. The number of hydrogen-bond acceptors (Lipinski definition) is 3. The fourth-order valence-electron chi connectivity index (χ4n) is 1.53. The third-order valence-electron chi connectivity index (χ3n) is 2.45. The highest BCUT2D eigenvalue weighted by Crippen LogP contribution is 2.19. The van der Waals surface area contributed by atoms with Gasteiger partial charge >= 0.3 is 6.61 Å². The van der Waals surface area contributed by atoms with Gasteiger partial charge in [-0.25, -0.2) is 4.98 Å². The van der Waals surface area contributed by atoms with Crippen LogP contribution < -0.4 is 10.1 Å². The van der Waals surface area contributed by atoms with E-state index in [0.29, 0.717) is 12.2 Å². The van der Waals surface area contributed by atoms with Crippen LogP contribution in [0.4, 0.5) is 14.5 Å². The zero-order valence-corrected chi connectivity index (χ0v) is 9.78. The maximum atomic E-state index is 12.1. The van der Waals surface area contributed by atoms with Gasteiger partial charge in [-0.1, -0.05) is 6.07 Å². The number of hydrogen-bond donors (Lipinski definition) is 2. The van der Waals surface area contributed by atoms with Gasteiger partial charge < -0.3 is 15.0 Å². The molecule has 1 heterocycles. The highest BCUT2D eigenvalue weighted by molar-refractivity contribution is 5.48. The molecule has 0 aliphatic rings. The number of nitrogens with one attached hydrogen (secondary N) is 2. The number of aromatic nitrogens is 2. The predicted molar refractivity (Wildman–Crippen MR) is 63.7 cm³/mol. The highest BCUT2D eigenvalue weighted by Gasteiger charge is 2.05. The van der Waals surface area contributed by atoms with Crippen molar-refractivity contribution in [3.63, 3.8) is 0 Å². The Labute approximate surface area is 103 Å². The number of aromatic amines is 1. The zero-order chi connectivity index (χ0) is 13.0. The maximum Gasteiger partial charge on any atom is 0.387 e. The van der Waals surface area contributed by atoms with E-state index in [1.54, 1.807) is 18.5 Å². The first kappa shape index (κ1) is 12.3. The number of anilines is 1. The van der Waals surface area contributed by atoms with Gasteiger partial charge in [0.15, 0.2) is 0 Å². The summed E-state index contributed by atoms with van der Waals surface area (Å²) in [5.41, 5.74) is 2.56. The van der Waals surface area contributed by atoms with Crippen molar-refractivity contribution in [1.29, 1.82) is 0 Å². The molecular formula is C12H13F2N3O. The third-order valence-corrected chi connectivity index (χ3v) is 2.45. The fraction of sp³-hybridized carbons (Fsp3) is 0.250. The standard InChI is InChI=1S/C12H13F2N3O/c1-8-11(17-7-16-8)6-15-9-3-2-4-10(5-9)18-12(13)14/h2-5,7,12,15H,6H2,1H3,(H,16,17). The van der Waals surface area contributed by atoms with Crippen LogP contribution >= 0.6 is 0 Å². The van der Waals surface area contributed by atoms with Gasteiger partial charge in [-0.05, 0) is 19.1 Å². The predicted octanol–water partition coefficient (Wildman–Crippen LogP) is 2.93. The minimum absolute atomic E-state index is 0.133. The Bertz CT molecular complexity index is 514. The second kappa shape index (κ2) is 5.48. The normalized spacial score (nSPS) is 10.7. The number of aryl methyl sites for hydroxylation is 1. The van der Waals surface area contributed by atoms with Gasteiger partial charge in [-0.15, -0.1) is 0 Å². The molecule has 0 aliphatic carbocycles. The summed E-state index contributed by atoms with van der Waals surface area (Å²) in [5, 5.41) is 3.09. The summed E-state index contributed by atoms with van der Waals surface area (Å²) in [4.78, 5) is 7.10. The quantitative estimate of drug-likeness (QED) is 0.861. The van der Waals surface area contributed by atoms with Gasteiger partial charge in [0.1, 0.15) is 5.75 Å². The molecule has 0 saturated carbocycles. The van der Waals surface area contributed by atoms with Gasteiger partial charge in [0.25, 0.3) is 0 Å². The molecule has 2 N–H and O–H groups in total. The first-order valence-corrected chi connectivity index (χ1v) is 5.43. The molecule has 0 bridgehead atoms. The van der Waals surface area contributed by atoms with Gasteiger partial charge in [-0.3, -0.25) is 0 Å². The second-order valence-corrected chi connectivity index (χ2v) is 3.73. The minimum atomic E-state index is -2.81. The van der Waals surface area contributed by atoms with Crippen LogP contribution in [0.15, 0.2) is 30.6 Å². The van der Waals surface area contributed by atoms with E-state index in [1.165, 1.54) is 12.1 Å². The number of nitrogens with zero attached hydrogens (tertiary/aromatic N) is 1. The lowest BCUT2D eigenvalue weighted by Gasteiger charge is -2.08. The molecule has 0 spiro atoms. The zero-order valence-electron chi connectivity index (χ0n) is 9.78. The van der Waals surface area contributed by atoms with E-state index in [2.05, 4.69) is 20.0 Å². The number of imidazole rings is 1. The van der Waals surface area contributed by atoms with E-state index in [4.69, 9.17) is 0 Å². The van der Waals surface area contributed by atoms with E-state index in [9.17, 15) is 8.78 Å². The Morgan fingerprint density at radius 1 is 1.44 bits per heavy atom. The van der Waals surface area contributed by atoms with Crippen LogP contribution in [-0.4, -0.2) is 16.6 Å². The first-order chi connectivity index (χ1) is 8.65. The molecule has 0 radical (unpaired) electrons. The number of halogens is 2. The molecule has 0 amide bonds. The van der Waals surface area contributed by atoms with Gasteiger partial charge in [0.2, 0.25) is 0 Å². The summed E-state index contributed by atoms with van der Waals surface area (Å²) in [5.74, 6) is 0.133. The van der Waals surface area contributed by atoms with Crippen molar-refractivity contribution in [3.8, 4) is 5.75 Å². The maximum absolute atomic E-state index is 12.1. The Balaban J connectivity index is 1.99. The van der Waals surface area contributed by atoms with Crippen LogP contribution in [0.5, 0.6) is 5.75 Å². The number of benzene rings is 1. The first-order valence-electron chi connectivity index (χ1n) is 5.43. The van der Waals surface area contributed by atoms with Crippen molar-refractivity contribution in [2.24, 2.45) is 0 Å². The summed E-state index contributed by atoms with van der Waals surface area (Å²) in [6.07, 6.45) is 1.61. The smallest absolute Gasteiger partial charge is 0.387 e. The highest BCUT2D eigenvalue weighted by atomic mass is 19.3. The summed E-state index contributed by atoms with van der Waals surface area (Å²) < 4.78 is 28.4. The third kappa shape index (κ3) is 3.19. The SMILES string of the molecule is Cc1[nH]cnc1CNc1cccc(OC(F)F)c1. The van der Waals surface area contributed by atoms with Crippen LogP contribution in [0.1, 0.15) is 11.4 Å². The minimum Gasteiger partial charge on any atom is -0.435 e. The van der Waals surface area contributed by atoms with E-state index in [0.717, 1.165) is 11.4 Å². The molecule has 4 nitrogen and oxygen atoms in total. The molecule has 0 saturated heterocycles. The number of H-pyrrole nitrogens is 1. The van der Waals surface area contributed by atoms with Crippen LogP contribution in [0.25, 0.3) is 0 Å². The van der Waals surface area contributed by atoms with Gasteiger partial charge in [0.05, 0.1) is 18.6 Å². The van der Waals surface area contributed by atoms with Crippen molar-refractivity contribution >= 4 is 5.69 Å². The Hall–Kier alpha value is -2.11. The molecule has 6 heteroatoms. The molecule has 0 unspecified atom stereocenters. The summed E-state index contributed by atoms with van der Waals surface area (Å²) in [6, 6.07) is 6.43. The van der Waals surface area contributed by atoms with Crippen molar-refractivity contribution in [3.05, 3.63) is 42.0 Å². The molecule has 2 aromatic rings. The van der Waals surface area contributed by atoms with Gasteiger partial charge in [-0.2, -0.15) is 8.78 Å². The molecular weight excluding hydrogens is 240 g/mol. The van der Waals surface area contributed by atoms with E-state index in [-0.39, 0.29) is 5.75 Å². The lowest BCUT2D eigenvalue weighted by molar-refractivity contribution is -0.0498. The topological polar surface area (TPSA) is 49.9 Å². The van der Waals surface area contributed by atoms with Crippen molar-refractivity contribution < 1.29 is 13.5 Å². The summed E-state index contributed by atoms with van der Waals surface area (Å²) >= 11 is 0. The number of ether oxygens (including phenoxy) is 1. The molecule has 0 atom stereocenters. The second-order valence-electron chi connectivity index (χ2n) is 3.73. The molecule has 0 fully saturated rings. The molecule has 1 aromatic carbocycles. The average Bonchev–Trinajstić information content (AvgIpc) is 2.72. The summed E-state index contributed by atoms with van der Waals surface area (Å²) in [7, 11) is 0. The van der Waals surface area contributed by atoms with Crippen LogP contribution in [0.2, 0.25) is 0 Å². The van der Waals surface area contributed by atoms with E-state index >= 15 is 0 Å². The fourth-order valence-corrected chi connectivity index (χ4v) is 1.53. The largest absolute Gasteiger partial charge is 0.435 e. The van der Waals surface area contributed by atoms with Crippen LogP contribution in [0, 0.1) is 6.92 Å². The van der Waals surface area contributed by atoms with E-state index in [1.807, 2.05) is 6.92 Å². The monoisotopic (exact) mass is 253 g/mol. The molecule has 1 aromatic heterocycles.